The van der Waals surface area contributed by atoms with Gasteiger partial charge in [0.05, 0.1) is 0 Å². The van der Waals surface area contributed by atoms with Gasteiger partial charge in [-0.2, -0.15) is 0 Å². The molecule has 0 N–H and O–H groups in total. The molecule has 16 heavy (non-hydrogen) atoms. The summed E-state index contributed by atoms with van der Waals surface area (Å²) in [5.74, 6) is 0.630. The van der Waals surface area contributed by atoms with Crippen LogP contribution < -0.4 is 0 Å². The van der Waals surface area contributed by atoms with Gasteiger partial charge in [0.25, 0.3) is 0 Å². The first-order chi connectivity index (χ1) is 7.59. The number of carbonyl (C=O) groups is 1. The van der Waals surface area contributed by atoms with Crippen LogP contribution in [0.25, 0.3) is 0 Å². The van der Waals surface area contributed by atoms with Gasteiger partial charge < -0.3 is 0 Å². The van der Waals surface area contributed by atoms with Crippen LogP contribution in [0.15, 0.2) is 16.6 Å². The summed E-state index contributed by atoms with van der Waals surface area (Å²) >= 11 is 3.50. The number of halogens is 1. The van der Waals surface area contributed by atoms with Gasteiger partial charge in [-0.05, 0) is 49.9 Å². The van der Waals surface area contributed by atoms with Crippen molar-refractivity contribution in [3.63, 3.8) is 0 Å². The van der Waals surface area contributed by atoms with Crippen molar-refractivity contribution in [3.05, 3.63) is 33.3 Å². The number of aryl methyl sites for hydroxylation is 2. The van der Waals surface area contributed by atoms with Crippen molar-refractivity contribution >= 4 is 21.7 Å². The third kappa shape index (κ3) is 2.22. The Hall–Kier alpha value is -0.630. The zero-order valence-corrected chi connectivity index (χ0v) is 11.4. The molecule has 2 heteroatoms. The van der Waals surface area contributed by atoms with E-state index in [0.29, 0.717) is 5.78 Å². The highest BCUT2D eigenvalue weighted by Crippen LogP contribution is 2.30. The van der Waals surface area contributed by atoms with Crippen molar-refractivity contribution in [3.8, 4) is 0 Å². The number of ketones is 1. The topological polar surface area (TPSA) is 17.1 Å². The SMILES string of the molecule is Cc1cc(C(=O)C2CCCC2)c(C)cc1Br. The third-order valence-electron chi connectivity index (χ3n) is 3.50. The second-order valence-electron chi connectivity index (χ2n) is 4.76. The van der Waals surface area contributed by atoms with Crippen molar-refractivity contribution in [2.24, 2.45) is 5.92 Å². The van der Waals surface area contributed by atoms with E-state index in [4.69, 9.17) is 0 Å². The van der Waals surface area contributed by atoms with Gasteiger partial charge in [-0.1, -0.05) is 28.8 Å². The van der Waals surface area contributed by atoms with Gasteiger partial charge in [0.1, 0.15) is 0 Å². The van der Waals surface area contributed by atoms with Gasteiger partial charge in [-0.25, -0.2) is 0 Å². The second kappa shape index (κ2) is 4.70. The number of rotatable bonds is 2. The van der Waals surface area contributed by atoms with Gasteiger partial charge in [0, 0.05) is 16.0 Å². The molecule has 0 radical (unpaired) electrons. The Morgan fingerprint density at radius 1 is 1.19 bits per heavy atom. The summed E-state index contributed by atoms with van der Waals surface area (Å²) in [6.45, 7) is 4.06. The van der Waals surface area contributed by atoms with Crippen molar-refractivity contribution in [1.82, 2.24) is 0 Å². The summed E-state index contributed by atoms with van der Waals surface area (Å²) in [5, 5.41) is 0. The van der Waals surface area contributed by atoms with E-state index in [9.17, 15) is 4.79 Å². The van der Waals surface area contributed by atoms with E-state index in [1.165, 1.54) is 12.8 Å². The maximum Gasteiger partial charge on any atom is 0.166 e. The molecular formula is C14H17BrO. The highest BCUT2D eigenvalue weighted by molar-refractivity contribution is 9.10. The van der Waals surface area contributed by atoms with Crippen LogP contribution in [0, 0.1) is 19.8 Å². The Morgan fingerprint density at radius 2 is 1.81 bits per heavy atom. The molecule has 1 aromatic rings. The molecule has 0 amide bonds. The summed E-state index contributed by atoms with van der Waals surface area (Å²) in [6, 6.07) is 4.08. The molecule has 1 saturated carbocycles. The fourth-order valence-corrected chi connectivity index (χ4v) is 2.91. The van der Waals surface area contributed by atoms with Crippen LogP contribution in [0.5, 0.6) is 0 Å². The number of benzene rings is 1. The Kier molecular flexibility index (Phi) is 3.48. The van der Waals surface area contributed by atoms with Crippen LogP contribution >= 0.6 is 15.9 Å². The van der Waals surface area contributed by atoms with Crippen molar-refractivity contribution in [1.29, 1.82) is 0 Å². The predicted octanol–water partition coefficient (Wildman–Crippen LogP) is 4.44. The molecule has 0 spiro atoms. The minimum absolute atomic E-state index is 0.277. The summed E-state index contributed by atoms with van der Waals surface area (Å²) in [4.78, 5) is 12.3. The summed E-state index contributed by atoms with van der Waals surface area (Å²) < 4.78 is 1.09. The fraction of sp³-hybridized carbons (Fsp3) is 0.500. The zero-order valence-electron chi connectivity index (χ0n) is 9.85. The molecule has 1 aromatic carbocycles. The maximum atomic E-state index is 12.3. The van der Waals surface area contributed by atoms with E-state index in [0.717, 1.165) is 34.0 Å². The first-order valence-corrected chi connectivity index (χ1v) is 6.70. The molecule has 86 valence electrons. The molecule has 0 bridgehead atoms. The van der Waals surface area contributed by atoms with E-state index in [1.807, 2.05) is 19.9 Å². The molecule has 1 fully saturated rings. The Labute approximate surface area is 105 Å². The standard InChI is InChI=1S/C14H17BrO/c1-9-8-13(15)10(2)7-12(9)14(16)11-5-3-4-6-11/h7-8,11H,3-6H2,1-2H3. The Balaban J connectivity index is 2.32. The van der Waals surface area contributed by atoms with E-state index in [2.05, 4.69) is 22.0 Å². The Morgan fingerprint density at radius 3 is 2.44 bits per heavy atom. The van der Waals surface area contributed by atoms with E-state index in [1.54, 1.807) is 0 Å². The molecule has 0 atom stereocenters. The lowest BCUT2D eigenvalue weighted by Gasteiger charge is -2.12. The van der Waals surface area contributed by atoms with Gasteiger partial charge in [0.2, 0.25) is 0 Å². The molecule has 0 heterocycles. The molecule has 1 nitrogen and oxygen atoms in total. The molecule has 0 aromatic heterocycles. The van der Waals surface area contributed by atoms with Crippen LogP contribution in [0.1, 0.15) is 47.2 Å². The molecular weight excluding hydrogens is 264 g/mol. The highest BCUT2D eigenvalue weighted by Gasteiger charge is 2.25. The number of carbonyl (C=O) groups excluding carboxylic acids is 1. The van der Waals surface area contributed by atoms with Crippen molar-refractivity contribution in [2.75, 3.05) is 0 Å². The average Bonchev–Trinajstić information content (AvgIpc) is 2.75. The lowest BCUT2D eigenvalue weighted by Crippen LogP contribution is -2.12. The number of Topliss-reactive ketones (excluding diaryl/α,β-unsaturated/α-hetero) is 1. The monoisotopic (exact) mass is 280 g/mol. The van der Waals surface area contributed by atoms with Crippen LogP contribution in [-0.2, 0) is 0 Å². The van der Waals surface area contributed by atoms with E-state index < -0.39 is 0 Å². The quantitative estimate of drug-likeness (QED) is 0.732. The number of hydrogen-bond donors (Lipinski definition) is 0. The fourth-order valence-electron chi connectivity index (χ4n) is 2.45. The average molecular weight is 281 g/mol. The lowest BCUT2D eigenvalue weighted by atomic mass is 9.92. The molecule has 1 aliphatic rings. The van der Waals surface area contributed by atoms with Gasteiger partial charge in [0.15, 0.2) is 5.78 Å². The minimum Gasteiger partial charge on any atom is -0.294 e. The number of hydrogen-bond acceptors (Lipinski definition) is 1. The van der Waals surface area contributed by atoms with Crippen molar-refractivity contribution < 1.29 is 4.79 Å². The molecule has 1 aliphatic carbocycles. The lowest BCUT2D eigenvalue weighted by molar-refractivity contribution is 0.0922. The third-order valence-corrected chi connectivity index (χ3v) is 4.35. The molecule has 2 rings (SSSR count). The van der Waals surface area contributed by atoms with Gasteiger partial charge >= 0.3 is 0 Å². The maximum absolute atomic E-state index is 12.3. The second-order valence-corrected chi connectivity index (χ2v) is 5.62. The highest BCUT2D eigenvalue weighted by atomic mass is 79.9. The van der Waals surface area contributed by atoms with Gasteiger partial charge in [-0.15, -0.1) is 0 Å². The molecule has 0 unspecified atom stereocenters. The van der Waals surface area contributed by atoms with E-state index in [-0.39, 0.29) is 5.92 Å². The first kappa shape index (κ1) is 11.8. The minimum atomic E-state index is 0.277. The molecule has 0 aliphatic heterocycles. The van der Waals surface area contributed by atoms with E-state index >= 15 is 0 Å². The largest absolute Gasteiger partial charge is 0.294 e. The normalized spacial score (nSPS) is 16.7. The first-order valence-electron chi connectivity index (χ1n) is 5.90. The predicted molar refractivity (Wildman–Crippen MR) is 69.9 cm³/mol. The zero-order chi connectivity index (χ0) is 11.7. The van der Waals surface area contributed by atoms with Crippen LogP contribution in [0.2, 0.25) is 0 Å². The van der Waals surface area contributed by atoms with Crippen molar-refractivity contribution in [2.45, 2.75) is 39.5 Å². The molecule has 0 saturated heterocycles. The summed E-state index contributed by atoms with van der Waals surface area (Å²) in [5.41, 5.74) is 3.16. The van der Waals surface area contributed by atoms with Crippen LogP contribution in [0.3, 0.4) is 0 Å². The van der Waals surface area contributed by atoms with Gasteiger partial charge in [-0.3, -0.25) is 4.79 Å². The van der Waals surface area contributed by atoms with Crippen LogP contribution in [0.4, 0.5) is 0 Å². The summed E-state index contributed by atoms with van der Waals surface area (Å²) in [7, 11) is 0. The smallest absolute Gasteiger partial charge is 0.166 e. The summed E-state index contributed by atoms with van der Waals surface area (Å²) in [6.07, 6.45) is 4.58. The Bertz CT molecular complexity index is 417. The van der Waals surface area contributed by atoms with Crippen LogP contribution in [-0.4, -0.2) is 5.78 Å².